The lowest BCUT2D eigenvalue weighted by Crippen LogP contribution is -2.10. The van der Waals surface area contributed by atoms with E-state index in [9.17, 15) is 0 Å². The average Bonchev–Trinajstić information content (AvgIpc) is 2.69. The van der Waals surface area contributed by atoms with Crippen LogP contribution in [0.5, 0.6) is 5.75 Å². The maximum Gasteiger partial charge on any atom is 0.118 e. The summed E-state index contributed by atoms with van der Waals surface area (Å²) in [6, 6.07) is 27.8. The van der Waals surface area contributed by atoms with E-state index in [1.807, 2.05) is 12.1 Å². The number of ether oxygens (including phenoxy) is 1. The third-order valence-corrected chi connectivity index (χ3v) is 4.89. The van der Waals surface area contributed by atoms with Gasteiger partial charge in [0.25, 0.3) is 0 Å². The van der Waals surface area contributed by atoms with Gasteiger partial charge in [-0.25, -0.2) is 0 Å². The highest BCUT2D eigenvalue weighted by Crippen LogP contribution is 2.29. The van der Waals surface area contributed by atoms with Crippen molar-refractivity contribution in [2.75, 3.05) is 7.11 Å². The van der Waals surface area contributed by atoms with Crippen LogP contribution in [0.4, 0.5) is 0 Å². The van der Waals surface area contributed by atoms with E-state index in [2.05, 4.69) is 99.7 Å². The molecule has 1 atom stereocenters. The molecule has 0 aliphatic carbocycles. The molecule has 0 bridgehead atoms. The summed E-state index contributed by atoms with van der Waals surface area (Å²) >= 11 is 0. The highest BCUT2D eigenvalue weighted by molar-refractivity contribution is 5.54. The highest BCUT2D eigenvalue weighted by atomic mass is 16.5. The number of allylic oxidation sites excluding steroid dienone is 1. The quantitative estimate of drug-likeness (QED) is 0.486. The van der Waals surface area contributed by atoms with Crippen LogP contribution in [0, 0.1) is 0 Å². The van der Waals surface area contributed by atoms with Gasteiger partial charge in [-0.2, -0.15) is 0 Å². The average molecular weight is 357 g/mol. The van der Waals surface area contributed by atoms with Gasteiger partial charge in [0, 0.05) is 5.92 Å². The first-order chi connectivity index (χ1) is 13.0. The fourth-order valence-electron chi connectivity index (χ4n) is 3.19. The molecule has 0 aromatic heterocycles. The van der Waals surface area contributed by atoms with Crippen LogP contribution < -0.4 is 4.74 Å². The molecule has 3 aromatic rings. The summed E-state index contributed by atoms with van der Waals surface area (Å²) in [6.07, 6.45) is 4.50. The van der Waals surface area contributed by atoms with Crippen LogP contribution in [-0.2, 0) is 5.41 Å². The molecule has 0 heterocycles. The van der Waals surface area contributed by atoms with Crippen LogP contribution in [0.3, 0.4) is 0 Å². The van der Waals surface area contributed by atoms with E-state index >= 15 is 0 Å². The molecule has 0 aliphatic heterocycles. The zero-order chi connectivity index (χ0) is 19.3. The summed E-state index contributed by atoms with van der Waals surface area (Å²) in [7, 11) is 1.70. The molecular weight excluding hydrogens is 328 g/mol. The molecule has 0 saturated heterocycles. The molecule has 1 heteroatoms. The minimum Gasteiger partial charge on any atom is -0.497 e. The fourth-order valence-corrected chi connectivity index (χ4v) is 3.19. The monoisotopic (exact) mass is 356 g/mol. The lowest BCUT2D eigenvalue weighted by molar-refractivity contribution is 0.414. The summed E-state index contributed by atoms with van der Waals surface area (Å²) in [5, 5.41) is 0. The molecule has 0 saturated carbocycles. The van der Waals surface area contributed by atoms with Crippen molar-refractivity contribution in [1.29, 1.82) is 0 Å². The SMILES string of the molecule is COc1ccc(C(C=Cc2ccc(C(C)(C)C)cc2)c2ccccc2)cc1. The Morgan fingerprint density at radius 2 is 1.33 bits per heavy atom. The van der Waals surface area contributed by atoms with Gasteiger partial charge in [0.2, 0.25) is 0 Å². The Morgan fingerprint density at radius 3 is 1.89 bits per heavy atom. The molecule has 0 fully saturated rings. The van der Waals surface area contributed by atoms with Crippen molar-refractivity contribution in [2.24, 2.45) is 0 Å². The van der Waals surface area contributed by atoms with Gasteiger partial charge in [0.15, 0.2) is 0 Å². The van der Waals surface area contributed by atoms with E-state index in [1.54, 1.807) is 7.11 Å². The summed E-state index contributed by atoms with van der Waals surface area (Å²) in [5.41, 5.74) is 5.29. The summed E-state index contributed by atoms with van der Waals surface area (Å²) < 4.78 is 5.30. The van der Waals surface area contributed by atoms with Crippen molar-refractivity contribution in [1.82, 2.24) is 0 Å². The van der Waals surface area contributed by atoms with Gasteiger partial charge in [-0.05, 0) is 39.8 Å². The van der Waals surface area contributed by atoms with Gasteiger partial charge >= 0.3 is 0 Å². The Morgan fingerprint density at radius 1 is 0.741 bits per heavy atom. The standard InChI is InChI=1S/C26H28O/c1-26(2,3)23-15-10-20(11-16-23)12-19-25(21-8-6-5-7-9-21)22-13-17-24(27-4)18-14-22/h5-19,25H,1-4H3. The van der Waals surface area contributed by atoms with Gasteiger partial charge < -0.3 is 4.74 Å². The molecule has 0 spiro atoms. The van der Waals surface area contributed by atoms with Gasteiger partial charge in [0.05, 0.1) is 7.11 Å². The van der Waals surface area contributed by atoms with Gasteiger partial charge in [-0.15, -0.1) is 0 Å². The summed E-state index contributed by atoms with van der Waals surface area (Å²) in [6.45, 7) is 6.73. The first-order valence-corrected chi connectivity index (χ1v) is 9.45. The Bertz CT molecular complexity index is 866. The summed E-state index contributed by atoms with van der Waals surface area (Å²) in [5.74, 6) is 1.09. The van der Waals surface area contributed by atoms with Gasteiger partial charge in [-0.1, -0.05) is 99.7 Å². The Balaban J connectivity index is 1.90. The van der Waals surface area contributed by atoms with Crippen LogP contribution >= 0.6 is 0 Å². The van der Waals surface area contributed by atoms with Crippen molar-refractivity contribution < 1.29 is 4.74 Å². The number of rotatable bonds is 5. The second kappa shape index (κ2) is 8.26. The maximum atomic E-state index is 5.30. The molecule has 0 amide bonds. The second-order valence-corrected chi connectivity index (χ2v) is 7.89. The van der Waals surface area contributed by atoms with Crippen molar-refractivity contribution in [3.63, 3.8) is 0 Å². The summed E-state index contributed by atoms with van der Waals surface area (Å²) in [4.78, 5) is 0. The molecule has 0 aliphatic rings. The molecule has 27 heavy (non-hydrogen) atoms. The first kappa shape index (κ1) is 19.0. The second-order valence-electron chi connectivity index (χ2n) is 7.89. The van der Waals surface area contributed by atoms with Crippen LogP contribution in [0.2, 0.25) is 0 Å². The zero-order valence-corrected chi connectivity index (χ0v) is 16.6. The number of benzene rings is 3. The maximum absolute atomic E-state index is 5.30. The van der Waals surface area contributed by atoms with Gasteiger partial charge in [-0.3, -0.25) is 0 Å². The smallest absolute Gasteiger partial charge is 0.118 e. The van der Waals surface area contributed by atoms with Crippen LogP contribution in [0.15, 0.2) is 84.9 Å². The van der Waals surface area contributed by atoms with Crippen molar-refractivity contribution in [3.8, 4) is 5.75 Å². The fraction of sp³-hybridized carbons (Fsp3) is 0.231. The zero-order valence-electron chi connectivity index (χ0n) is 16.6. The molecular formula is C26H28O. The van der Waals surface area contributed by atoms with Crippen molar-refractivity contribution >= 4 is 6.08 Å². The van der Waals surface area contributed by atoms with E-state index < -0.39 is 0 Å². The van der Waals surface area contributed by atoms with E-state index in [4.69, 9.17) is 4.74 Å². The van der Waals surface area contributed by atoms with E-state index in [-0.39, 0.29) is 11.3 Å². The third kappa shape index (κ3) is 4.89. The molecule has 138 valence electrons. The van der Waals surface area contributed by atoms with E-state index in [0.717, 1.165) is 5.75 Å². The minimum absolute atomic E-state index is 0.178. The molecule has 0 N–H and O–H groups in total. The van der Waals surface area contributed by atoms with Crippen LogP contribution in [-0.4, -0.2) is 7.11 Å². The molecule has 3 aromatic carbocycles. The Labute approximate surface area is 163 Å². The normalized spacial score (nSPS) is 12.9. The van der Waals surface area contributed by atoms with Crippen molar-refractivity contribution in [3.05, 3.63) is 107 Å². The molecule has 1 unspecified atom stereocenters. The van der Waals surface area contributed by atoms with E-state index in [0.29, 0.717) is 0 Å². The Hall–Kier alpha value is -2.80. The molecule has 3 rings (SSSR count). The lowest BCUT2D eigenvalue weighted by Gasteiger charge is -2.19. The van der Waals surface area contributed by atoms with Crippen LogP contribution in [0.25, 0.3) is 6.08 Å². The lowest BCUT2D eigenvalue weighted by atomic mass is 9.86. The minimum atomic E-state index is 0.178. The topological polar surface area (TPSA) is 9.23 Å². The van der Waals surface area contributed by atoms with Gasteiger partial charge in [0.1, 0.15) is 5.75 Å². The van der Waals surface area contributed by atoms with Crippen molar-refractivity contribution in [2.45, 2.75) is 32.1 Å². The number of hydrogen-bond acceptors (Lipinski definition) is 1. The third-order valence-electron chi connectivity index (χ3n) is 4.89. The number of methoxy groups -OCH3 is 1. The Kier molecular flexibility index (Phi) is 5.81. The molecule has 0 radical (unpaired) electrons. The highest BCUT2D eigenvalue weighted by Gasteiger charge is 2.13. The predicted molar refractivity (Wildman–Crippen MR) is 115 cm³/mol. The van der Waals surface area contributed by atoms with Crippen LogP contribution in [0.1, 0.15) is 48.9 Å². The number of hydrogen-bond donors (Lipinski definition) is 0. The van der Waals surface area contributed by atoms with E-state index in [1.165, 1.54) is 22.3 Å². The predicted octanol–water partition coefficient (Wildman–Crippen LogP) is 6.84. The largest absolute Gasteiger partial charge is 0.497 e. The molecule has 1 nitrogen and oxygen atoms in total. The first-order valence-electron chi connectivity index (χ1n) is 9.45.